The van der Waals surface area contributed by atoms with Crippen molar-refractivity contribution < 1.29 is 13.9 Å². The summed E-state index contributed by atoms with van der Waals surface area (Å²) < 4.78 is 10.4. The zero-order chi connectivity index (χ0) is 11.7. The number of fused-ring (bicyclic) bond motifs is 1. The molecule has 4 heteroatoms. The second-order valence-corrected chi connectivity index (χ2v) is 3.91. The monoisotopic (exact) mass is 219 g/mol. The summed E-state index contributed by atoms with van der Waals surface area (Å²) in [5.74, 6) is -0.252. The highest BCUT2D eigenvalue weighted by Gasteiger charge is 2.16. The molecule has 2 rings (SSSR count). The van der Waals surface area contributed by atoms with Gasteiger partial charge in [0.1, 0.15) is 0 Å². The van der Waals surface area contributed by atoms with Crippen molar-refractivity contribution in [3.8, 4) is 0 Å². The number of hydrogen-bond acceptors (Lipinski definition) is 4. The van der Waals surface area contributed by atoms with Gasteiger partial charge in [-0.25, -0.2) is 9.78 Å². The standard InChI is InChI=1S/C12H13NO3/c1-7(2)15-12(14)10-6-9-8(3)4-5-13-11(9)16-10/h4-7H,1-3H3. The highest BCUT2D eigenvalue weighted by Crippen LogP contribution is 2.21. The van der Waals surface area contributed by atoms with Gasteiger partial charge in [0.15, 0.2) is 0 Å². The van der Waals surface area contributed by atoms with E-state index in [1.165, 1.54) is 0 Å². The summed E-state index contributed by atoms with van der Waals surface area (Å²) in [5.41, 5.74) is 1.49. The maximum absolute atomic E-state index is 11.6. The molecule has 4 nitrogen and oxygen atoms in total. The van der Waals surface area contributed by atoms with Gasteiger partial charge >= 0.3 is 5.97 Å². The van der Waals surface area contributed by atoms with Crippen LogP contribution in [0.15, 0.2) is 22.7 Å². The van der Waals surface area contributed by atoms with Crippen molar-refractivity contribution in [2.75, 3.05) is 0 Å². The van der Waals surface area contributed by atoms with Crippen LogP contribution in [0.3, 0.4) is 0 Å². The zero-order valence-corrected chi connectivity index (χ0v) is 9.48. The number of carbonyl (C=O) groups is 1. The molecular formula is C12H13NO3. The molecule has 0 N–H and O–H groups in total. The van der Waals surface area contributed by atoms with Crippen LogP contribution in [0, 0.1) is 6.92 Å². The second-order valence-electron chi connectivity index (χ2n) is 3.91. The molecule has 0 fully saturated rings. The van der Waals surface area contributed by atoms with Crippen molar-refractivity contribution >= 4 is 17.1 Å². The highest BCUT2D eigenvalue weighted by atomic mass is 16.6. The molecule has 2 heterocycles. The normalized spacial score (nSPS) is 11.0. The number of aryl methyl sites for hydroxylation is 1. The Morgan fingerprint density at radius 3 is 2.88 bits per heavy atom. The highest BCUT2D eigenvalue weighted by molar-refractivity contribution is 5.92. The van der Waals surface area contributed by atoms with Crippen LogP contribution in [-0.4, -0.2) is 17.1 Å². The van der Waals surface area contributed by atoms with Crippen molar-refractivity contribution in [1.29, 1.82) is 0 Å². The summed E-state index contributed by atoms with van der Waals surface area (Å²) in [4.78, 5) is 15.6. The maximum atomic E-state index is 11.6. The van der Waals surface area contributed by atoms with Crippen LogP contribution in [0.1, 0.15) is 30.0 Å². The molecule has 0 bridgehead atoms. The molecule has 0 aliphatic rings. The molecule has 0 aliphatic carbocycles. The fourth-order valence-electron chi connectivity index (χ4n) is 1.44. The average Bonchev–Trinajstić information content (AvgIpc) is 2.61. The first-order valence-corrected chi connectivity index (χ1v) is 5.14. The third-order valence-electron chi connectivity index (χ3n) is 2.20. The van der Waals surface area contributed by atoms with Gasteiger partial charge in [0, 0.05) is 17.6 Å². The lowest BCUT2D eigenvalue weighted by atomic mass is 10.2. The van der Waals surface area contributed by atoms with E-state index in [-0.39, 0.29) is 11.9 Å². The van der Waals surface area contributed by atoms with E-state index in [1.807, 2.05) is 13.0 Å². The van der Waals surface area contributed by atoms with Crippen LogP contribution in [-0.2, 0) is 4.74 Å². The fourth-order valence-corrected chi connectivity index (χ4v) is 1.44. The molecule has 84 valence electrons. The summed E-state index contributed by atoms with van der Waals surface area (Å²) in [6.45, 7) is 5.53. The van der Waals surface area contributed by atoms with Gasteiger partial charge in [-0.1, -0.05) is 0 Å². The van der Waals surface area contributed by atoms with E-state index in [0.29, 0.717) is 5.71 Å². The topological polar surface area (TPSA) is 52.3 Å². The zero-order valence-electron chi connectivity index (χ0n) is 9.48. The minimum absolute atomic E-state index is 0.158. The first kappa shape index (κ1) is 10.7. The third kappa shape index (κ3) is 1.91. The lowest BCUT2D eigenvalue weighted by molar-refractivity contribution is 0.0343. The molecule has 0 aliphatic heterocycles. The molecule has 0 amide bonds. The first-order valence-electron chi connectivity index (χ1n) is 5.14. The molecule has 0 saturated carbocycles. The van der Waals surface area contributed by atoms with E-state index in [0.717, 1.165) is 10.9 Å². The molecular weight excluding hydrogens is 206 g/mol. The van der Waals surface area contributed by atoms with Gasteiger partial charge in [0.05, 0.1) is 6.10 Å². The fraction of sp³-hybridized carbons (Fsp3) is 0.333. The Kier molecular flexibility index (Phi) is 2.64. The van der Waals surface area contributed by atoms with Crippen molar-refractivity contribution in [3.63, 3.8) is 0 Å². The van der Waals surface area contributed by atoms with Crippen molar-refractivity contribution in [2.24, 2.45) is 0 Å². The summed E-state index contributed by atoms with van der Waals surface area (Å²) in [6.07, 6.45) is 1.49. The van der Waals surface area contributed by atoms with Crippen LogP contribution >= 0.6 is 0 Å². The summed E-state index contributed by atoms with van der Waals surface area (Å²) >= 11 is 0. The second kappa shape index (κ2) is 3.96. The largest absolute Gasteiger partial charge is 0.457 e. The molecule has 2 aromatic heterocycles. The third-order valence-corrected chi connectivity index (χ3v) is 2.20. The first-order chi connectivity index (χ1) is 7.58. The van der Waals surface area contributed by atoms with Crippen LogP contribution in [0.2, 0.25) is 0 Å². The number of hydrogen-bond donors (Lipinski definition) is 0. The Morgan fingerprint density at radius 1 is 1.50 bits per heavy atom. The van der Waals surface area contributed by atoms with Crippen LogP contribution in [0.4, 0.5) is 0 Å². The molecule has 16 heavy (non-hydrogen) atoms. The molecule has 0 atom stereocenters. The number of nitrogens with zero attached hydrogens (tertiary/aromatic N) is 1. The molecule has 0 unspecified atom stereocenters. The number of aromatic nitrogens is 1. The van der Waals surface area contributed by atoms with E-state index >= 15 is 0 Å². The SMILES string of the molecule is Cc1ccnc2oc(C(=O)OC(C)C)cc12. The molecule has 2 aromatic rings. The smallest absolute Gasteiger partial charge is 0.374 e. The van der Waals surface area contributed by atoms with Crippen molar-refractivity contribution in [2.45, 2.75) is 26.9 Å². The molecule has 0 saturated heterocycles. The van der Waals surface area contributed by atoms with Crippen LogP contribution in [0.25, 0.3) is 11.1 Å². The van der Waals surface area contributed by atoms with E-state index in [1.54, 1.807) is 26.1 Å². The summed E-state index contributed by atoms with van der Waals surface area (Å²) in [6, 6.07) is 3.54. The van der Waals surface area contributed by atoms with Crippen molar-refractivity contribution in [3.05, 3.63) is 29.7 Å². The Balaban J connectivity index is 2.40. The minimum Gasteiger partial charge on any atom is -0.457 e. The van der Waals surface area contributed by atoms with Gasteiger partial charge in [-0.3, -0.25) is 0 Å². The summed E-state index contributed by atoms with van der Waals surface area (Å²) in [7, 11) is 0. The molecule has 0 aromatic carbocycles. The van der Waals surface area contributed by atoms with Crippen molar-refractivity contribution in [1.82, 2.24) is 4.98 Å². The minimum atomic E-state index is -0.451. The van der Waals surface area contributed by atoms with E-state index in [4.69, 9.17) is 9.15 Å². The van der Waals surface area contributed by atoms with Crippen LogP contribution < -0.4 is 0 Å². The lowest BCUT2D eigenvalue weighted by Crippen LogP contribution is -2.10. The quantitative estimate of drug-likeness (QED) is 0.729. The lowest BCUT2D eigenvalue weighted by Gasteiger charge is -2.04. The van der Waals surface area contributed by atoms with Gasteiger partial charge in [0.2, 0.25) is 11.5 Å². The maximum Gasteiger partial charge on any atom is 0.374 e. The van der Waals surface area contributed by atoms with E-state index in [9.17, 15) is 4.79 Å². The number of pyridine rings is 1. The Bertz CT molecular complexity index is 528. The average molecular weight is 219 g/mol. The van der Waals surface area contributed by atoms with Gasteiger partial charge in [-0.2, -0.15) is 0 Å². The van der Waals surface area contributed by atoms with Crippen LogP contribution in [0.5, 0.6) is 0 Å². The number of carbonyl (C=O) groups excluding carboxylic acids is 1. The van der Waals surface area contributed by atoms with Gasteiger partial charge in [-0.15, -0.1) is 0 Å². The van der Waals surface area contributed by atoms with Gasteiger partial charge < -0.3 is 9.15 Å². The predicted octanol–water partition coefficient (Wildman–Crippen LogP) is 2.70. The number of rotatable bonds is 2. The Hall–Kier alpha value is -1.84. The molecule has 0 spiro atoms. The van der Waals surface area contributed by atoms with E-state index < -0.39 is 5.97 Å². The number of ether oxygens (including phenoxy) is 1. The number of furan rings is 1. The summed E-state index contributed by atoms with van der Waals surface area (Å²) in [5, 5.41) is 0.846. The van der Waals surface area contributed by atoms with Gasteiger partial charge in [-0.05, 0) is 32.4 Å². The Labute approximate surface area is 93.2 Å². The number of esters is 1. The van der Waals surface area contributed by atoms with E-state index in [2.05, 4.69) is 4.98 Å². The Morgan fingerprint density at radius 2 is 2.25 bits per heavy atom. The van der Waals surface area contributed by atoms with Gasteiger partial charge in [0.25, 0.3) is 0 Å². The predicted molar refractivity (Wildman–Crippen MR) is 59.3 cm³/mol. The molecule has 0 radical (unpaired) electrons.